The van der Waals surface area contributed by atoms with E-state index in [1.54, 1.807) is 12.1 Å². The number of nitrogens with one attached hydrogen (secondary N) is 1. The summed E-state index contributed by atoms with van der Waals surface area (Å²) in [5.74, 6) is 0.447. The number of hydrogen-bond donors (Lipinski definition) is 1. The van der Waals surface area contributed by atoms with E-state index < -0.39 is 11.2 Å². The third-order valence-electron chi connectivity index (χ3n) is 4.64. The summed E-state index contributed by atoms with van der Waals surface area (Å²) in [5, 5.41) is 2.95. The normalized spacial score (nSPS) is 21.4. The van der Waals surface area contributed by atoms with Crippen LogP contribution in [0.25, 0.3) is 0 Å². The lowest BCUT2D eigenvalue weighted by molar-refractivity contribution is -0.142. The van der Waals surface area contributed by atoms with E-state index in [0.717, 1.165) is 19.4 Å². The Labute approximate surface area is 154 Å². The zero-order chi connectivity index (χ0) is 19.1. The zero-order valence-corrected chi connectivity index (χ0v) is 16.2. The first-order chi connectivity index (χ1) is 12.0. The SMILES string of the molecule is CC1(C)Oc2ccc(NC(=O)C3CCCN(C(=O)C(C)(C)C)C3)cc2O1. The second kappa shape index (κ2) is 6.49. The standard InChI is InChI=1S/C20H28N2O4/c1-19(2,3)18(24)22-10-6-7-13(12-22)17(23)21-14-8-9-15-16(11-14)26-20(4,5)25-15/h8-9,11,13H,6-7,10,12H2,1-5H3,(H,21,23). The van der Waals surface area contributed by atoms with Crippen molar-refractivity contribution in [1.82, 2.24) is 4.90 Å². The summed E-state index contributed by atoms with van der Waals surface area (Å²) < 4.78 is 11.4. The van der Waals surface area contributed by atoms with Gasteiger partial charge in [-0.1, -0.05) is 20.8 Å². The van der Waals surface area contributed by atoms with Crippen LogP contribution in [0.5, 0.6) is 11.5 Å². The maximum absolute atomic E-state index is 12.7. The van der Waals surface area contributed by atoms with Crippen molar-refractivity contribution in [2.45, 2.75) is 53.2 Å². The fraction of sp³-hybridized carbons (Fsp3) is 0.600. The quantitative estimate of drug-likeness (QED) is 0.877. The molecule has 1 fully saturated rings. The summed E-state index contributed by atoms with van der Waals surface area (Å²) in [5.41, 5.74) is 0.247. The van der Waals surface area contributed by atoms with E-state index in [2.05, 4.69) is 5.32 Å². The van der Waals surface area contributed by atoms with Gasteiger partial charge in [-0.25, -0.2) is 0 Å². The molecule has 0 spiro atoms. The summed E-state index contributed by atoms with van der Waals surface area (Å²) in [4.78, 5) is 27.0. The highest BCUT2D eigenvalue weighted by Crippen LogP contribution is 2.40. The molecule has 2 heterocycles. The minimum atomic E-state index is -0.692. The van der Waals surface area contributed by atoms with Gasteiger partial charge in [-0.2, -0.15) is 0 Å². The van der Waals surface area contributed by atoms with Crippen molar-refractivity contribution in [1.29, 1.82) is 0 Å². The molecular formula is C20H28N2O4. The van der Waals surface area contributed by atoms with Gasteiger partial charge in [-0.3, -0.25) is 9.59 Å². The van der Waals surface area contributed by atoms with E-state index in [0.29, 0.717) is 23.7 Å². The molecule has 1 N–H and O–H groups in total. The van der Waals surface area contributed by atoms with Crippen LogP contribution >= 0.6 is 0 Å². The molecule has 2 aliphatic heterocycles. The van der Waals surface area contributed by atoms with Crippen molar-refractivity contribution >= 4 is 17.5 Å². The summed E-state index contributed by atoms with van der Waals surface area (Å²) >= 11 is 0. The Kier molecular flexibility index (Phi) is 4.63. The van der Waals surface area contributed by atoms with Gasteiger partial charge in [0.1, 0.15) is 0 Å². The molecule has 142 valence electrons. The van der Waals surface area contributed by atoms with Crippen molar-refractivity contribution in [2.24, 2.45) is 11.3 Å². The fourth-order valence-electron chi connectivity index (χ4n) is 3.39. The highest BCUT2D eigenvalue weighted by atomic mass is 16.7. The minimum absolute atomic E-state index is 0.0606. The third-order valence-corrected chi connectivity index (χ3v) is 4.64. The molecule has 6 heteroatoms. The van der Waals surface area contributed by atoms with Crippen molar-refractivity contribution in [2.75, 3.05) is 18.4 Å². The van der Waals surface area contributed by atoms with Gasteiger partial charge in [0.25, 0.3) is 0 Å². The smallest absolute Gasteiger partial charge is 0.246 e. The van der Waals surface area contributed by atoms with E-state index in [-0.39, 0.29) is 17.7 Å². The maximum Gasteiger partial charge on any atom is 0.246 e. The number of carbonyl (C=O) groups excluding carboxylic acids is 2. The van der Waals surface area contributed by atoms with Crippen LogP contribution in [0.15, 0.2) is 18.2 Å². The maximum atomic E-state index is 12.7. The first-order valence-corrected chi connectivity index (χ1v) is 9.17. The molecule has 1 saturated heterocycles. The van der Waals surface area contributed by atoms with Gasteiger partial charge in [0.05, 0.1) is 5.92 Å². The molecule has 1 atom stereocenters. The second-order valence-electron chi connectivity index (χ2n) is 8.60. The summed E-state index contributed by atoms with van der Waals surface area (Å²) in [6.45, 7) is 10.6. The molecule has 26 heavy (non-hydrogen) atoms. The van der Waals surface area contributed by atoms with Gasteiger partial charge in [-0.05, 0) is 25.0 Å². The highest BCUT2D eigenvalue weighted by molar-refractivity contribution is 5.93. The number of hydrogen-bond acceptors (Lipinski definition) is 4. The molecular weight excluding hydrogens is 332 g/mol. The van der Waals surface area contributed by atoms with Gasteiger partial charge in [0, 0.05) is 44.1 Å². The summed E-state index contributed by atoms with van der Waals surface area (Å²) in [7, 11) is 0. The number of rotatable bonds is 2. The van der Waals surface area contributed by atoms with Crippen LogP contribution in [-0.2, 0) is 9.59 Å². The molecule has 0 aromatic heterocycles. The van der Waals surface area contributed by atoms with Gasteiger partial charge in [-0.15, -0.1) is 0 Å². The van der Waals surface area contributed by atoms with Crippen molar-refractivity contribution < 1.29 is 19.1 Å². The number of nitrogens with zero attached hydrogens (tertiary/aromatic N) is 1. The number of benzene rings is 1. The monoisotopic (exact) mass is 360 g/mol. The second-order valence-corrected chi connectivity index (χ2v) is 8.60. The molecule has 2 aliphatic rings. The van der Waals surface area contributed by atoms with Gasteiger partial charge >= 0.3 is 0 Å². The van der Waals surface area contributed by atoms with Gasteiger partial charge < -0.3 is 19.7 Å². The Morgan fingerprint density at radius 1 is 1.19 bits per heavy atom. The Bertz CT molecular complexity index is 721. The number of amides is 2. The lowest BCUT2D eigenvalue weighted by Crippen LogP contribution is -2.47. The first-order valence-electron chi connectivity index (χ1n) is 9.17. The fourth-order valence-corrected chi connectivity index (χ4v) is 3.39. The number of likely N-dealkylation sites (tertiary alicyclic amines) is 1. The topological polar surface area (TPSA) is 67.9 Å². The van der Waals surface area contributed by atoms with E-state index >= 15 is 0 Å². The molecule has 0 bridgehead atoms. The molecule has 1 aromatic carbocycles. The van der Waals surface area contributed by atoms with Gasteiger partial charge in [0.15, 0.2) is 11.5 Å². The third kappa shape index (κ3) is 3.94. The predicted molar refractivity (Wildman–Crippen MR) is 99.2 cm³/mol. The molecule has 6 nitrogen and oxygen atoms in total. The molecule has 3 rings (SSSR count). The van der Waals surface area contributed by atoms with Crippen LogP contribution in [0.4, 0.5) is 5.69 Å². The molecule has 2 amide bonds. The number of carbonyl (C=O) groups is 2. The summed E-state index contributed by atoms with van der Waals surface area (Å²) in [6.07, 6.45) is 1.63. The average molecular weight is 360 g/mol. The van der Waals surface area contributed by atoms with Crippen molar-refractivity contribution in [3.63, 3.8) is 0 Å². The lowest BCUT2D eigenvalue weighted by atomic mass is 9.91. The number of fused-ring (bicyclic) bond motifs is 1. The predicted octanol–water partition coefficient (Wildman–Crippen LogP) is 3.42. The van der Waals surface area contributed by atoms with Crippen LogP contribution in [-0.4, -0.2) is 35.6 Å². The van der Waals surface area contributed by atoms with E-state index in [4.69, 9.17) is 9.47 Å². The zero-order valence-electron chi connectivity index (χ0n) is 16.2. The van der Waals surface area contributed by atoms with Crippen LogP contribution in [0.1, 0.15) is 47.5 Å². The number of anilines is 1. The van der Waals surface area contributed by atoms with E-state index in [1.165, 1.54) is 0 Å². The number of ether oxygens (including phenoxy) is 2. The van der Waals surface area contributed by atoms with Crippen molar-refractivity contribution in [3.05, 3.63) is 18.2 Å². The summed E-state index contributed by atoms with van der Waals surface area (Å²) in [6, 6.07) is 5.39. The van der Waals surface area contributed by atoms with Gasteiger partial charge in [0.2, 0.25) is 17.6 Å². The van der Waals surface area contributed by atoms with Crippen LogP contribution < -0.4 is 14.8 Å². The molecule has 1 unspecified atom stereocenters. The largest absolute Gasteiger partial charge is 0.449 e. The minimum Gasteiger partial charge on any atom is -0.449 e. The Balaban J connectivity index is 1.65. The molecule has 1 aromatic rings. The number of piperidine rings is 1. The van der Waals surface area contributed by atoms with E-state index in [1.807, 2.05) is 45.6 Å². The lowest BCUT2D eigenvalue weighted by Gasteiger charge is -2.35. The Morgan fingerprint density at radius 3 is 2.58 bits per heavy atom. The van der Waals surface area contributed by atoms with Crippen LogP contribution in [0, 0.1) is 11.3 Å². The highest BCUT2D eigenvalue weighted by Gasteiger charge is 2.34. The first kappa shape index (κ1) is 18.5. The molecule has 0 radical (unpaired) electrons. The molecule has 0 saturated carbocycles. The molecule has 0 aliphatic carbocycles. The van der Waals surface area contributed by atoms with Crippen molar-refractivity contribution in [3.8, 4) is 11.5 Å². The van der Waals surface area contributed by atoms with Crippen LogP contribution in [0.3, 0.4) is 0 Å². The Morgan fingerprint density at radius 2 is 1.88 bits per heavy atom. The average Bonchev–Trinajstić information content (AvgIpc) is 2.86. The van der Waals surface area contributed by atoms with Crippen LogP contribution in [0.2, 0.25) is 0 Å². The Hall–Kier alpha value is -2.24. The van der Waals surface area contributed by atoms with E-state index in [9.17, 15) is 9.59 Å².